The van der Waals surface area contributed by atoms with Gasteiger partial charge in [0.1, 0.15) is 0 Å². The van der Waals surface area contributed by atoms with E-state index < -0.39 is 7.26 Å². The Labute approximate surface area is 178 Å². The van der Waals surface area contributed by atoms with E-state index in [1.807, 2.05) is 0 Å². The molecule has 29 heavy (non-hydrogen) atoms. The fourth-order valence-corrected chi connectivity index (χ4v) is 9.85. The van der Waals surface area contributed by atoms with E-state index in [0.29, 0.717) is 0 Å². The first-order chi connectivity index (χ1) is 14.3. The molecular weight excluding hydrogens is 367 g/mol. The zero-order valence-corrected chi connectivity index (χ0v) is 19.0. The maximum absolute atomic E-state index is 2.34. The van der Waals surface area contributed by atoms with Crippen LogP contribution in [-0.4, -0.2) is 6.16 Å². The minimum atomic E-state index is -1.58. The summed E-state index contributed by atoms with van der Waals surface area (Å²) in [5.74, 6) is 0. The number of hydrogen-bond donors (Lipinski definition) is 0. The van der Waals surface area contributed by atoms with Gasteiger partial charge in [0.05, 0.1) is 0 Å². The van der Waals surface area contributed by atoms with Gasteiger partial charge in [-0.25, -0.2) is 0 Å². The molecule has 0 amide bonds. The van der Waals surface area contributed by atoms with E-state index in [0.717, 1.165) is 0 Å². The molecule has 0 fully saturated rings. The molecule has 0 saturated heterocycles. The average Bonchev–Trinajstić information content (AvgIpc) is 2.76. The van der Waals surface area contributed by atoms with Crippen molar-refractivity contribution in [3.63, 3.8) is 0 Å². The third-order valence-electron chi connectivity index (χ3n) is 6.08. The normalized spacial score (nSPS) is 12.0. The predicted octanol–water partition coefficient (Wildman–Crippen LogP) is 8.31. The Morgan fingerprint density at radius 1 is 0.483 bits per heavy atom. The van der Waals surface area contributed by atoms with Crippen molar-refractivity contribution in [1.82, 2.24) is 0 Å². The van der Waals surface area contributed by atoms with Crippen molar-refractivity contribution in [2.24, 2.45) is 0 Å². The van der Waals surface area contributed by atoms with Crippen molar-refractivity contribution in [3.05, 3.63) is 108 Å². The third-order valence-corrected chi connectivity index (χ3v) is 11.0. The minimum absolute atomic E-state index is 1.28. The zero-order chi connectivity index (χ0) is 20.2. The number of unbranched alkanes of at least 4 members (excludes halogenated alkanes) is 4. The maximum atomic E-state index is 2.34. The first-order valence-electron chi connectivity index (χ1n) is 11.4. The third kappa shape index (κ3) is 7.45. The summed E-state index contributed by atoms with van der Waals surface area (Å²) in [7, 11) is -1.58. The van der Waals surface area contributed by atoms with E-state index in [2.05, 4.69) is 97.9 Å². The summed E-state index contributed by atoms with van der Waals surface area (Å²) in [6, 6.07) is 33.7. The van der Waals surface area contributed by atoms with Gasteiger partial charge < -0.3 is 0 Å². The van der Waals surface area contributed by atoms with Crippen LogP contribution >= 0.6 is 7.26 Å². The van der Waals surface area contributed by atoms with Crippen molar-refractivity contribution in [2.75, 3.05) is 6.16 Å². The Hall–Kier alpha value is -1.91. The Morgan fingerprint density at radius 3 is 1.24 bits per heavy atom. The van der Waals surface area contributed by atoms with Crippen LogP contribution in [0.5, 0.6) is 0 Å². The summed E-state index contributed by atoms with van der Waals surface area (Å²) in [4.78, 5) is 0. The second-order valence-corrected chi connectivity index (χ2v) is 13.2. The van der Waals surface area contributed by atoms with E-state index in [9.17, 15) is 0 Å². The molecule has 3 aromatic carbocycles. The predicted molar refractivity (Wildman–Crippen MR) is 132 cm³/mol. The summed E-state index contributed by atoms with van der Waals surface area (Å²) in [5, 5.41) is 0. The Balaban J connectivity index is 1.87. The van der Waals surface area contributed by atoms with Gasteiger partial charge in [0.2, 0.25) is 0 Å². The second-order valence-electron chi connectivity index (χ2n) is 8.65. The average molecular weight is 405 g/mol. The van der Waals surface area contributed by atoms with E-state index in [4.69, 9.17) is 0 Å². The molecule has 0 aliphatic heterocycles. The fourth-order valence-electron chi connectivity index (χ4n) is 4.64. The van der Waals surface area contributed by atoms with E-state index >= 15 is 0 Å². The van der Waals surface area contributed by atoms with Gasteiger partial charge in [-0.1, -0.05) is 0 Å². The monoisotopic (exact) mass is 404 g/mol. The van der Waals surface area contributed by atoms with Crippen LogP contribution in [0.4, 0.5) is 0 Å². The quantitative estimate of drug-likeness (QED) is 0.210. The number of rotatable bonds is 12. The standard InChI is InChI=1S/C28H37P/c1-2-3-4-5-15-22-29(23-26-16-9-6-10-17-26,24-27-18-11-7-12-19-27)25-28-20-13-8-14-21-28/h6-14,16-21,29H,2-5,15,22-25H2,1H3. The molecule has 0 N–H and O–H groups in total. The molecule has 0 nitrogen and oxygen atoms in total. The van der Waals surface area contributed by atoms with Gasteiger partial charge in [0.15, 0.2) is 0 Å². The zero-order valence-electron chi connectivity index (χ0n) is 18.0. The van der Waals surface area contributed by atoms with E-state index in [1.54, 1.807) is 0 Å². The van der Waals surface area contributed by atoms with Gasteiger partial charge >= 0.3 is 179 Å². The first-order valence-corrected chi connectivity index (χ1v) is 14.2. The van der Waals surface area contributed by atoms with Crippen molar-refractivity contribution in [1.29, 1.82) is 0 Å². The molecule has 0 aliphatic rings. The van der Waals surface area contributed by atoms with E-state index in [1.165, 1.54) is 73.4 Å². The summed E-state index contributed by atoms with van der Waals surface area (Å²) >= 11 is 0. The topological polar surface area (TPSA) is 0 Å². The molecule has 0 bridgehead atoms. The van der Waals surface area contributed by atoms with Crippen molar-refractivity contribution in [2.45, 2.75) is 57.5 Å². The van der Waals surface area contributed by atoms with Crippen LogP contribution in [0, 0.1) is 0 Å². The SMILES string of the molecule is CCCCCCC[PH](Cc1ccccc1)(Cc1ccccc1)Cc1ccccc1. The van der Waals surface area contributed by atoms with Gasteiger partial charge in [0.25, 0.3) is 0 Å². The molecule has 0 radical (unpaired) electrons. The van der Waals surface area contributed by atoms with Crippen LogP contribution < -0.4 is 0 Å². The molecule has 0 saturated carbocycles. The van der Waals surface area contributed by atoms with Crippen LogP contribution in [0.15, 0.2) is 91.0 Å². The van der Waals surface area contributed by atoms with Gasteiger partial charge in [-0.15, -0.1) is 0 Å². The molecule has 3 rings (SSSR count). The summed E-state index contributed by atoms with van der Waals surface area (Å²) in [6.45, 7) is 2.30. The Bertz CT molecular complexity index is 694. The molecule has 0 aliphatic carbocycles. The molecule has 154 valence electrons. The second kappa shape index (κ2) is 11.9. The number of hydrogen-bond acceptors (Lipinski definition) is 0. The fraction of sp³-hybridized carbons (Fsp3) is 0.357. The van der Waals surface area contributed by atoms with Gasteiger partial charge in [-0.05, 0) is 0 Å². The summed E-state index contributed by atoms with van der Waals surface area (Å²) in [6.07, 6.45) is 12.1. The Morgan fingerprint density at radius 2 is 0.862 bits per heavy atom. The number of benzene rings is 3. The molecule has 0 spiro atoms. The van der Waals surface area contributed by atoms with Gasteiger partial charge in [-0.2, -0.15) is 0 Å². The van der Waals surface area contributed by atoms with Crippen LogP contribution in [0.25, 0.3) is 0 Å². The molecular formula is C28H37P. The van der Waals surface area contributed by atoms with Crippen LogP contribution in [0.2, 0.25) is 0 Å². The summed E-state index contributed by atoms with van der Waals surface area (Å²) < 4.78 is 0. The molecule has 3 aromatic rings. The van der Waals surface area contributed by atoms with Gasteiger partial charge in [-0.3, -0.25) is 0 Å². The molecule has 0 aromatic heterocycles. The first kappa shape index (κ1) is 21.8. The van der Waals surface area contributed by atoms with Crippen molar-refractivity contribution in [3.8, 4) is 0 Å². The van der Waals surface area contributed by atoms with Crippen LogP contribution in [0.3, 0.4) is 0 Å². The Kier molecular flexibility index (Phi) is 8.97. The van der Waals surface area contributed by atoms with Crippen molar-refractivity contribution >= 4 is 7.26 Å². The molecule has 0 unspecified atom stereocenters. The molecule has 0 heterocycles. The van der Waals surface area contributed by atoms with Crippen LogP contribution in [-0.2, 0) is 18.5 Å². The molecule has 1 heteroatoms. The summed E-state index contributed by atoms with van der Waals surface area (Å²) in [5.41, 5.74) is 4.58. The van der Waals surface area contributed by atoms with Crippen molar-refractivity contribution < 1.29 is 0 Å². The molecule has 0 atom stereocenters. The van der Waals surface area contributed by atoms with Crippen LogP contribution in [0.1, 0.15) is 55.7 Å². The van der Waals surface area contributed by atoms with E-state index in [-0.39, 0.29) is 0 Å². The van der Waals surface area contributed by atoms with Gasteiger partial charge in [0, 0.05) is 0 Å².